The largest absolute Gasteiger partial charge is 0.324 e. The molecule has 0 bridgehead atoms. The lowest BCUT2D eigenvalue weighted by Crippen LogP contribution is -2.26. The highest BCUT2D eigenvalue weighted by atomic mass is 32.2. The molecule has 3 aromatic rings. The molecular formula is C20H19N3O3S. The molecule has 6 nitrogen and oxygen atoms in total. The predicted octanol–water partition coefficient (Wildman–Crippen LogP) is 3.15. The van der Waals surface area contributed by atoms with Gasteiger partial charge in [0, 0.05) is 30.0 Å². The van der Waals surface area contributed by atoms with Gasteiger partial charge < -0.3 is 5.32 Å². The van der Waals surface area contributed by atoms with E-state index in [-0.39, 0.29) is 18.9 Å². The fraction of sp³-hybridized carbons (Fsp3) is 0.100. The van der Waals surface area contributed by atoms with Gasteiger partial charge in [0.2, 0.25) is 15.9 Å². The number of rotatable bonds is 7. The van der Waals surface area contributed by atoms with Crippen molar-refractivity contribution >= 4 is 38.6 Å². The number of fused-ring (bicyclic) bond motifs is 1. The Balaban J connectivity index is 1.54. The molecule has 0 saturated carbocycles. The average Bonchev–Trinajstić information content (AvgIpc) is 2.67. The molecule has 0 radical (unpaired) electrons. The predicted molar refractivity (Wildman–Crippen MR) is 107 cm³/mol. The molecule has 0 aliphatic heterocycles. The first-order chi connectivity index (χ1) is 13.0. The number of carbonyl (C=O) groups is 1. The smallest absolute Gasteiger partial charge is 0.233 e. The summed E-state index contributed by atoms with van der Waals surface area (Å²) in [7, 11) is -3.61. The summed E-state index contributed by atoms with van der Waals surface area (Å²) in [5, 5.41) is 4.79. The summed E-state index contributed by atoms with van der Waals surface area (Å²) < 4.78 is 26.3. The molecule has 7 heteroatoms. The van der Waals surface area contributed by atoms with Crippen molar-refractivity contribution in [2.45, 2.75) is 6.42 Å². The highest BCUT2D eigenvalue weighted by Gasteiger charge is 2.09. The van der Waals surface area contributed by atoms with Gasteiger partial charge in [-0.15, -0.1) is 0 Å². The molecule has 27 heavy (non-hydrogen) atoms. The van der Waals surface area contributed by atoms with Crippen LogP contribution < -0.4 is 10.0 Å². The number of nitrogens with one attached hydrogen (secondary N) is 2. The van der Waals surface area contributed by atoms with Crippen molar-refractivity contribution in [3.8, 4) is 0 Å². The zero-order chi connectivity index (χ0) is 19.1. The number of carbonyl (C=O) groups excluding carboxylic acids is 1. The number of benzene rings is 2. The fourth-order valence-corrected chi connectivity index (χ4v) is 3.32. The zero-order valence-corrected chi connectivity index (χ0v) is 15.3. The number of amides is 1. The Morgan fingerprint density at radius 2 is 1.78 bits per heavy atom. The van der Waals surface area contributed by atoms with E-state index in [1.807, 2.05) is 42.5 Å². The third kappa shape index (κ3) is 5.47. The van der Waals surface area contributed by atoms with Crippen molar-refractivity contribution in [3.63, 3.8) is 0 Å². The first-order valence-corrected chi connectivity index (χ1v) is 9.94. The standard InChI is InChI=1S/C20H19N3O3S/c24-19(23-18-10-4-8-17-9-5-13-21-20(17)18)11-14-22-27(25,26)15-12-16-6-2-1-3-7-16/h1-10,12-13,15,22H,11,14H2,(H,23,24)/b15-12+. The summed E-state index contributed by atoms with van der Waals surface area (Å²) in [6.45, 7) is 0.00545. The molecule has 0 saturated heterocycles. The Bertz CT molecular complexity index is 1060. The van der Waals surface area contributed by atoms with Gasteiger partial charge in [-0.3, -0.25) is 9.78 Å². The molecule has 138 valence electrons. The summed E-state index contributed by atoms with van der Waals surface area (Å²) in [6.07, 6.45) is 3.18. The van der Waals surface area contributed by atoms with Crippen molar-refractivity contribution in [1.29, 1.82) is 0 Å². The molecule has 1 amide bonds. The quantitative estimate of drug-likeness (QED) is 0.658. The molecule has 1 aromatic heterocycles. The number of hydrogen-bond acceptors (Lipinski definition) is 4. The van der Waals surface area contributed by atoms with E-state index < -0.39 is 10.0 Å². The molecule has 0 spiro atoms. The molecule has 0 aliphatic carbocycles. The fourth-order valence-electron chi connectivity index (χ4n) is 2.51. The van der Waals surface area contributed by atoms with Crippen molar-refractivity contribution in [3.05, 3.63) is 77.8 Å². The van der Waals surface area contributed by atoms with Crippen LogP contribution in [0, 0.1) is 0 Å². The van der Waals surface area contributed by atoms with Crippen LogP contribution in [0.3, 0.4) is 0 Å². The second kappa shape index (κ2) is 8.57. The van der Waals surface area contributed by atoms with Crippen LogP contribution in [0.5, 0.6) is 0 Å². The van der Waals surface area contributed by atoms with E-state index >= 15 is 0 Å². The molecule has 0 unspecified atom stereocenters. The molecule has 3 rings (SSSR count). The van der Waals surface area contributed by atoms with E-state index in [0.717, 1.165) is 16.4 Å². The Labute approximate surface area is 158 Å². The van der Waals surface area contributed by atoms with E-state index in [1.54, 1.807) is 24.4 Å². The maximum absolute atomic E-state index is 12.1. The van der Waals surface area contributed by atoms with Crippen molar-refractivity contribution < 1.29 is 13.2 Å². The summed E-state index contributed by atoms with van der Waals surface area (Å²) >= 11 is 0. The van der Waals surface area contributed by atoms with Crippen LogP contribution in [0.2, 0.25) is 0 Å². The number of anilines is 1. The van der Waals surface area contributed by atoms with E-state index in [9.17, 15) is 13.2 Å². The van der Waals surface area contributed by atoms with Crippen LogP contribution in [0.15, 0.2) is 72.3 Å². The third-order valence-electron chi connectivity index (χ3n) is 3.80. The first kappa shape index (κ1) is 18.8. The maximum atomic E-state index is 12.1. The number of sulfonamides is 1. The number of hydrogen-bond donors (Lipinski definition) is 2. The zero-order valence-electron chi connectivity index (χ0n) is 14.5. The third-order valence-corrected chi connectivity index (χ3v) is 4.90. The second-order valence-electron chi connectivity index (χ2n) is 5.83. The van der Waals surface area contributed by atoms with E-state index in [1.165, 1.54) is 6.08 Å². The lowest BCUT2D eigenvalue weighted by atomic mass is 10.2. The lowest BCUT2D eigenvalue weighted by Gasteiger charge is -2.08. The number of pyridine rings is 1. The van der Waals surface area contributed by atoms with Gasteiger partial charge in [-0.25, -0.2) is 13.1 Å². The van der Waals surface area contributed by atoms with Crippen LogP contribution in [0.25, 0.3) is 17.0 Å². The van der Waals surface area contributed by atoms with Gasteiger partial charge >= 0.3 is 0 Å². The maximum Gasteiger partial charge on any atom is 0.233 e. The highest BCUT2D eigenvalue weighted by Crippen LogP contribution is 2.20. The normalized spacial score (nSPS) is 11.7. The molecule has 0 aliphatic rings. The summed E-state index contributed by atoms with van der Waals surface area (Å²) in [4.78, 5) is 16.4. The highest BCUT2D eigenvalue weighted by molar-refractivity contribution is 7.92. The van der Waals surface area contributed by atoms with Gasteiger partial charge in [0.25, 0.3) is 0 Å². The molecule has 2 N–H and O–H groups in total. The Morgan fingerprint density at radius 3 is 2.59 bits per heavy atom. The Hall–Kier alpha value is -3.03. The van der Waals surface area contributed by atoms with Crippen LogP contribution in [-0.2, 0) is 14.8 Å². The topological polar surface area (TPSA) is 88.2 Å². The van der Waals surface area contributed by atoms with E-state index in [4.69, 9.17) is 0 Å². The lowest BCUT2D eigenvalue weighted by molar-refractivity contribution is -0.116. The molecule has 0 atom stereocenters. The SMILES string of the molecule is O=C(CCNS(=O)(=O)/C=C/c1ccccc1)Nc1cccc2cccnc12. The molecular weight excluding hydrogens is 362 g/mol. The first-order valence-electron chi connectivity index (χ1n) is 8.40. The summed E-state index contributed by atoms with van der Waals surface area (Å²) in [5.41, 5.74) is 2.08. The van der Waals surface area contributed by atoms with Crippen LogP contribution >= 0.6 is 0 Å². The summed E-state index contributed by atoms with van der Waals surface area (Å²) in [6, 6.07) is 18.3. The van der Waals surface area contributed by atoms with Gasteiger partial charge in [0.15, 0.2) is 0 Å². The number of nitrogens with zero attached hydrogens (tertiary/aromatic N) is 1. The second-order valence-corrected chi connectivity index (χ2v) is 7.48. The van der Waals surface area contributed by atoms with Gasteiger partial charge in [-0.2, -0.15) is 0 Å². The van der Waals surface area contributed by atoms with Crippen molar-refractivity contribution in [2.75, 3.05) is 11.9 Å². The van der Waals surface area contributed by atoms with Crippen molar-refractivity contribution in [2.24, 2.45) is 0 Å². The molecule has 0 fully saturated rings. The van der Waals surface area contributed by atoms with Crippen molar-refractivity contribution in [1.82, 2.24) is 9.71 Å². The van der Waals surface area contributed by atoms with Gasteiger partial charge in [-0.1, -0.05) is 48.5 Å². The minimum Gasteiger partial charge on any atom is -0.324 e. The number of para-hydroxylation sites is 1. The van der Waals surface area contributed by atoms with Crippen LogP contribution in [-0.4, -0.2) is 25.9 Å². The van der Waals surface area contributed by atoms with Gasteiger partial charge in [0.05, 0.1) is 11.2 Å². The molecule has 2 aromatic carbocycles. The van der Waals surface area contributed by atoms with E-state index in [0.29, 0.717) is 11.2 Å². The Morgan fingerprint density at radius 1 is 1.00 bits per heavy atom. The minimum atomic E-state index is -3.61. The number of aromatic nitrogens is 1. The monoisotopic (exact) mass is 381 g/mol. The minimum absolute atomic E-state index is 0.00545. The van der Waals surface area contributed by atoms with Crippen LogP contribution in [0.1, 0.15) is 12.0 Å². The van der Waals surface area contributed by atoms with Gasteiger partial charge in [-0.05, 0) is 23.8 Å². The molecule has 1 heterocycles. The Kier molecular flexibility index (Phi) is 5.95. The van der Waals surface area contributed by atoms with Gasteiger partial charge in [0.1, 0.15) is 0 Å². The van der Waals surface area contributed by atoms with Crippen LogP contribution in [0.4, 0.5) is 5.69 Å². The summed E-state index contributed by atoms with van der Waals surface area (Å²) in [5.74, 6) is -0.289. The average molecular weight is 381 g/mol. The van der Waals surface area contributed by atoms with E-state index in [2.05, 4.69) is 15.0 Å².